The predicted octanol–water partition coefficient (Wildman–Crippen LogP) is 2.63. The summed E-state index contributed by atoms with van der Waals surface area (Å²) in [5.74, 6) is 0.862. The number of nitrogen functional groups attached to an aromatic ring is 1. The molecule has 0 unspecified atom stereocenters. The Bertz CT molecular complexity index is 655. The standard InChI is InChI=1S/C17H18N2O2/c18-14-7-2-4-9-16(14)21-11-5-10-19-15-8-3-1-6-13(15)12-17(19)20/h1-4,6-9H,5,10-12,18H2. The van der Waals surface area contributed by atoms with Crippen LogP contribution in [0.15, 0.2) is 48.5 Å². The first kappa shape index (κ1) is 13.5. The first-order valence-electron chi connectivity index (χ1n) is 7.11. The third-order valence-corrected chi connectivity index (χ3v) is 3.63. The number of carbonyl (C=O) groups is 1. The Hall–Kier alpha value is -2.49. The van der Waals surface area contributed by atoms with Crippen molar-refractivity contribution in [3.05, 3.63) is 54.1 Å². The second-order valence-electron chi connectivity index (χ2n) is 5.09. The first-order valence-corrected chi connectivity index (χ1v) is 7.11. The van der Waals surface area contributed by atoms with Crippen LogP contribution in [0.2, 0.25) is 0 Å². The minimum absolute atomic E-state index is 0.162. The number of amides is 1. The van der Waals surface area contributed by atoms with Gasteiger partial charge in [0.25, 0.3) is 0 Å². The van der Waals surface area contributed by atoms with Crippen molar-refractivity contribution in [3.63, 3.8) is 0 Å². The maximum Gasteiger partial charge on any atom is 0.231 e. The normalized spacial score (nSPS) is 13.3. The van der Waals surface area contributed by atoms with Gasteiger partial charge < -0.3 is 15.4 Å². The van der Waals surface area contributed by atoms with Gasteiger partial charge in [-0.3, -0.25) is 4.79 Å². The van der Waals surface area contributed by atoms with Crippen molar-refractivity contribution in [1.29, 1.82) is 0 Å². The summed E-state index contributed by atoms with van der Waals surface area (Å²) >= 11 is 0. The van der Waals surface area contributed by atoms with E-state index < -0.39 is 0 Å². The molecule has 4 nitrogen and oxygen atoms in total. The molecule has 0 aliphatic carbocycles. The maximum absolute atomic E-state index is 12.0. The van der Waals surface area contributed by atoms with Crippen LogP contribution in [0.1, 0.15) is 12.0 Å². The zero-order valence-electron chi connectivity index (χ0n) is 11.8. The van der Waals surface area contributed by atoms with E-state index in [2.05, 4.69) is 0 Å². The zero-order valence-corrected chi connectivity index (χ0v) is 11.8. The zero-order chi connectivity index (χ0) is 14.7. The highest BCUT2D eigenvalue weighted by Crippen LogP contribution is 2.28. The van der Waals surface area contributed by atoms with Gasteiger partial charge in [0.05, 0.1) is 18.7 Å². The lowest BCUT2D eigenvalue weighted by Crippen LogP contribution is -2.28. The fraction of sp³-hybridized carbons (Fsp3) is 0.235. The van der Waals surface area contributed by atoms with E-state index >= 15 is 0 Å². The summed E-state index contributed by atoms with van der Waals surface area (Å²) in [5, 5.41) is 0. The Morgan fingerprint density at radius 2 is 1.86 bits per heavy atom. The number of benzene rings is 2. The van der Waals surface area contributed by atoms with Crippen molar-refractivity contribution < 1.29 is 9.53 Å². The Balaban J connectivity index is 1.54. The lowest BCUT2D eigenvalue weighted by molar-refractivity contribution is -0.117. The van der Waals surface area contributed by atoms with E-state index in [-0.39, 0.29) is 5.91 Å². The van der Waals surface area contributed by atoms with Gasteiger partial charge in [0.1, 0.15) is 5.75 Å². The highest BCUT2D eigenvalue weighted by atomic mass is 16.5. The van der Waals surface area contributed by atoms with Gasteiger partial charge >= 0.3 is 0 Å². The monoisotopic (exact) mass is 282 g/mol. The number of nitrogens with zero attached hydrogens (tertiary/aromatic N) is 1. The molecule has 0 atom stereocenters. The van der Waals surface area contributed by atoms with Gasteiger partial charge in [0, 0.05) is 12.2 Å². The average molecular weight is 282 g/mol. The minimum atomic E-state index is 0.162. The number of fused-ring (bicyclic) bond motifs is 1. The van der Waals surface area contributed by atoms with Crippen molar-refractivity contribution in [3.8, 4) is 5.75 Å². The van der Waals surface area contributed by atoms with E-state index in [9.17, 15) is 4.79 Å². The molecule has 3 rings (SSSR count). The average Bonchev–Trinajstić information content (AvgIpc) is 2.81. The number of para-hydroxylation sites is 3. The molecule has 1 aliphatic heterocycles. The fourth-order valence-electron chi connectivity index (χ4n) is 2.58. The molecule has 2 aromatic carbocycles. The largest absolute Gasteiger partial charge is 0.491 e. The molecule has 0 spiro atoms. The van der Waals surface area contributed by atoms with Crippen molar-refractivity contribution in [1.82, 2.24) is 0 Å². The predicted molar refractivity (Wildman–Crippen MR) is 83.5 cm³/mol. The van der Waals surface area contributed by atoms with Gasteiger partial charge in [-0.25, -0.2) is 0 Å². The molecular formula is C17H18N2O2. The first-order chi connectivity index (χ1) is 10.3. The van der Waals surface area contributed by atoms with Gasteiger partial charge in [-0.05, 0) is 30.2 Å². The summed E-state index contributed by atoms with van der Waals surface area (Å²) < 4.78 is 5.66. The molecule has 21 heavy (non-hydrogen) atoms. The van der Waals surface area contributed by atoms with Crippen LogP contribution in [0.5, 0.6) is 5.75 Å². The second kappa shape index (κ2) is 5.87. The van der Waals surface area contributed by atoms with Crippen molar-refractivity contribution in [2.24, 2.45) is 0 Å². The molecule has 2 N–H and O–H groups in total. The van der Waals surface area contributed by atoms with Gasteiger partial charge in [0.2, 0.25) is 5.91 Å². The third kappa shape index (κ3) is 2.84. The highest BCUT2D eigenvalue weighted by molar-refractivity contribution is 6.01. The van der Waals surface area contributed by atoms with Crippen LogP contribution in [-0.4, -0.2) is 19.1 Å². The van der Waals surface area contributed by atoms with E-state index in [1.54, 1.807) is 0 Å². The third-order valence-electron chi connectivity index (χ3n) is 3.63. The summed E-state index contributed by atoms with van der Waals surface area (Å²) in [5.41, 5.74) is 8.60. The number of carbonyl (C=O) groups excluding carboxylic acids is 1. The van der Waals surface area contributed by atoms with Crippen molar-refractivity contribution in [2.75, 3.05) is 23.8 Å². The van der Waals surface area contributed by atoms with Crippen molar-refractivity contribution >= 4 is 17.3 Å². The molecule has 1 heterocycles. The lowest BCUT2D eigenvalue weighted by atomic mass is 10.2. The Morgan fingerprint density at radius 1 is 1.10 bits per heavy atom. The van der Waals surface area contributed by atoms with E-state index in [0.717, 1.165) is 17.7 Å². The second-order valence-corrected chi connectivity index (χ2v) is 5.09. The Kier molecular flexibility index (Phi) is 3.77. The summed E-state index contributed by atoms with van der Waals surface area (Å²) in [6.07, 6.45) is 1.27. The molecule has 4 heteroatoms. The van der Waals surface area contributed by atoms with Gasteiger partial charge in [0.15, 0.2) is 0 Å². The number of hydrogen-bond donors (Lipinski definition) is 1. The van der Waals surface area contributed by atoms with E-state index in [1.807, 2.05) is 53.4 Å². The molecule has 0 saturated carbocycles. The summed E-state index contributed by atoms with van der Waals surface area (Å²) in [6.45, 7) is 1.21. The van der Waals surface area contributed by atoms with Crippen LogP contribution in [0, 0.1) is 0 Å². The lowest BCUT2D eigenvalue weighted by Gasteiger charge is -2.17. The van der Waals surface area contributed by atoms with Crippen LogP contribution < -0.4 is 15.4 Å². The SMILES string of the molecule is Nc1ccccc1OCCCN1C(=O)Cc2ccccc21. The minimum Gasteiger partial charge on any atom is -0.491 e. The number of hydrogen-bond acceptors (Lipinski definition) is 3. The number of ether oxygens (including phenoxy) is 1. The molecular weight excluding hydrogens is 264 g/mol. The highest BCUT2D eigenvalue weighted by Gasteiger charge is 2.25. The fourth-order valence-corrected chi connectivity index (χ4v) is 2.58. The number of anilines is 2. The van der Waals surface area contributed by atoms with Gasteiger partial charge in [-0.2, -0.15) is 0 Å². The van der Waals surface area contributed by atoms with E-state index in [0.29, 0.717) is 31.0 Å². The van der Waals surface area contributed by atoms with Crippen LogP contribution in [0.25, 0.3) is 0 Å². The Morgan fingerprint density at radius 3 is 2.71 bits per heavy atom. The maximum atomic E-state index is 12.0. The molecule has 0 aromatic heterocycles. The topological polar surface area (TPSA) is 55.6 Å². The summed E-state index contributed by atoms with van der Waals surface area (Å²) in [4.78, 5) is 13.9. The van der Waals surface area contributed by atoms with E-state index in [1.165, 1.54) is 0 Å². The Labute approximate surface area is 124 Å². The summed E-state index contributed by atoms with van der Waals surface area (Å²) in [7, 11) is 0. The van der Waals surface area contributed by atoms with Gasteiger partial charge in [-0.15, -0.1) is 0 Å². The number of rotatable bonds is 5. The van der Waals surface area contributed by atoms with Crippen LogP contribution in [-0.2, 0) is 11.2 Å². The molecule has 0 radical (unpaired) electrons. The van der Waals surface area contributed by atoms with Crippen molar-refractivity contribution in [2.45, 2.75) is 12.8 Å². The molecule has 108 valence electrons. The smallest absolute Gasteiger partial charge is 0.231 e. The molecule has 0 saturated heterocycles. The van der Waals surface area contributed by atoms with Crippen LogP contribution in [0.4, 0.5) is 11.4 Å². The molecule has 2 aromatic rings. The molecule has 0 fully saturated rings. The van der Waals surface area contributed by atoms with Crippen LogP contribution >= 0.6 is 0 Å². The molecule has 1 aliphatic rings. The molecule has 0 bridgehead atoms. The molecule has 1 amide bonds. The summed E-state index contributed by atoms with van der Waals surface area (Å²) in [6, 6.07) is 15.4. The number of nitrogens with two attached hydrogens (primary N) is 1. The quantitative estimate of drug-likeness (QED) is 0.677. The van der Waals surface area contributed by atoms with Crippen LogP contribution in [0.3, 0.4) is 0 Å². The van der Waals surface area contributed by atoms with Gasteiger partial charge in [-0.1, -0.05) is 30.3 Å². The van der Waals surface area contributed by atoms with E-state index in [4.69, 9.17) is 10.5 Å².